The lowest BCUT2D eigenvalue weighted by molar-refractivity contribution is -0.124. The number of halogens is 1. The first-order valence-electron chi connectivity index (χ1n) is 11.9. The minimum Gasteiger partial charge on any atom is -0.394 e. The summed E-state index contributed by atoms with van der Waals surface area (Å²) < 4.78 is 29.4. The highest BCUT2D eigenvalue weighted by atomic mass is 35.5. The molecule has 12 heteroatoms. The molecule has 0 saturated carbocycles. The van der Waals surface area contributed by atoms with Crippen molar-refractivity contribution in [1.29, 1.82) is 0 Å². The van der Waals surface area contributed by atoms with Crippen molar-refractivity contribution < 1.29 is 23.4 Å². The molecule has 0 unspecified atom stereocenters. The second-order valence-corrected chi connectivity index (χ2v) is 11.5. The van der Waals surface area contributed by atoms with Crippen LogP contribution in [0.4, 0.5) is 0 Å². The van der Waals surface area contributed by atoms with E-state index in [-0.39, 0.29) is 58.5 Å². The van der Waals surface area contributed by atoms with E-state index in [1.54, 1.807) is 36.5 Å². The van der Waals surface area contributed by atoms with Gasteiger partial charge in [-0.25, -0.2) is 8.42 Å². The zero-order chi connectivity index (χ0) is 26.2. The van der Waals surface area contributed by atoms with E-state index in [9.17, 15) is 18.3 Å². The molecule has 1 fully saturated rings. The van der Waals surface area contributed by atoms with Crippen molar-refractivity contribution in [2.24, 2.45) is 4.99 Å². The Hall–Kier alpha value is -2.67. The van der Waals surface area contributed by atoms with Crippen molar-refractivity contribution in [3.8, 4) is 0 Å². The summed E-state index contributed by atoms with van der Waals surface area (Å²) in [5.74, 6) is 0.261. The normalized spacial score (nSPS) is 18.5. The molecule has 1 atom stereocenters. The fraction of sp³-hybridized carbons (Fsp3) is 0.308. The fourth-order valence-corrected chi connectivity index (χ4v) is 6.10. The third-order valence-electron chi connectivity index (χ3n) is 6.89. The van der Waals surface area contributed by atoms with Gasteiger partial charge in [-0.3, -0.25) is 9.79 Å². The molecule has 1 saturated heterocycles. The third-order valence-corrected chi connectivity index (χ3v) is 8.71. The molecule has 2 aromatic carbocycles. The molecule has 3 N–H and O–H groups in total. The number of carbonyl (C=O) groups excluding carboxylic acids is 1. The molecular formula is C26H29ClN4O5S2. The van der Waals surface area contributed by atoms with E-state index in [4.69, 9.17) is 16.7 Å². The van der Waals surface area contributed by atoms with Crippen LogP contribution in [-0.4, -0.2) is 70.6 Å². The number of carbonyl (C=O) groups is 1. The molecule has 3 aromatic rings. The molecule has 1 aromatic heterocycles. The Bertz CT molecular complexity index is 1490. The Morgan fingerprint density at radius 3 is 2.53 bits per heavy atom. The zero-order valence-electron chi connectivity index (χ0n) is 20.4. The van der Waals surface area contributed by atoms with Crippen LogP contribution in [0.15, 0.2) is 65.1 Å². The quantitative estimate of drug-likeness (QED) is 0.399. The van der Waals surface area contributed by atoms with Gasteiger partial charge in [-0.2, -0.15) is 17.8 Å². The highest BCUT2D eigenvalue weighted by Crippen LogP contribution is 2.32. The summed E-state index contributed by atoms with van der Waals surface area (Å²) >= 11 is 5.95. The number of aromatic nitrogens is 1. The Morgan fingerprint density at radius 1 is 1.13 bits per heavy atom. The van der Waals surface area contributed by atoms with E-state index >= 15 is 0 Å². The number of rotatable bonds is 7. The second-order valence-electron chi connectivity index (χ2n) is 9.28. The number of hydrogen-bond acceptors (Lipinski definition) is 6. The Balaban J connectivity index is 0.00000336. The average Bonchev–Trinajstić information content (AvgIpc) is 3.44. The fourth-order valence-electron chi connectivity index (χ4n) is 4.79. The first-order chi connectivity index (χ1) is 17.7. The number of fused-ring (bicyclic) bond motifs is 1. The number of aliphatic hydroxyl groups is 2. The molecule has 1 spiro atoms. The average molecular weight is 577 g/mol. The number of amidine groups is 1. The van der Waals surface area contributed by atoms with E-state index in [1.807, 2.05) is 28.8 Å². The minimum absolute atomic E-state index is 0. The van der Waals surface area contributed by atoms with E-state index in [1.165, 1.54) is 9.71 Å². The maximum atomic E-state index is 13.1. The van der Waals surface area contributed by atoms with Crippen LogP contribution in [0.25, 0.3) is 17.0 Å². The molecule has 0 bridgehead atoms. The molecule has 38 heavy (non-hydrogen) atoms. The highest BCUT2D eigenvalue weighted by Gasteiger charge is 2.47. The van der Waals surface area contributed by atoms with Crippen LogP contribution in [0.1, 0.15) is 24.0 Å². The molecule has 0 aliphatic carbocycles. The van der Waals surface area contributed by atoms with Crippen molar-refractivity contribution in [2.75, 3.05) is 19.7 Å². The van der Waals surface area contributed by atoms with E-state index in [0.717, 1.165) is 22.0 Å². The molecule has 9 nitrogen and oxygen atoms in total. The molecule has 2 aliphatic heterocycles. The predicted molar refractivity (Wildman–Crippen MR) is 153 cm³/mol. The van der Waals surface area contributed by atoms with Gasteiger partial charge in [-0.05, 0) is 60.9 Å². The van der Waals surface area contributed by atoms with Gasteiger partial charge >= 0.3 is 0 Å². The SMILES string of the molecule is O=C1NC(c2ccc(Cl)cc2)=NC12CCN(S(=O)(=O)/C=C/c1cccc3c1ccn3C[C@H](O)CO)CC2.S. The number of nitrogens with zero attached hydrogens (tertiary/aromatic N) is 3. The smallest absolute Gasteiger partial charge is 0.253 e. The molecule has 202 valence electrons. The van der Waals surface area contributed by atoms with Gasteiger partial charge < -0.3 is 20.1 Å². The maximum Gasteiger partial charge on any atom is 0.253 e. The van der Waals surface area contributed by atoms with Gasteiger partial charge in [-0.1, -0.05) is 23.7 Å². The maximum absolute atomic E-state index is 13.1. The lowest BCUT2D eigenvalue weighted by Gasteiger charge is -2.34. The largest absolute Gasteiger partial charge is 0.394 e. The summed E-state index contributed by atoms with van der Waals surface area (Å²) in [5.41, 5.74) is 1.33. The molecule has 3 heterocycles. The van der Waals surface area contributed by atoms with Gasteiger partial charge in [0.2, 0.25) is 10.0 Å². The number of benzene rings is 2. The zero-order valence-corrected chi connectivity index (χ0v) is 23.0. The number of hydrogen-bond donors (Lipinski definition) is 3. The van der Waals surface area contributed by atoms with Crippen LogP contribution in [0, 0.1) is 0 Å². The molecular weight excluding hydrogens is 548 g/mol. The van der Waals surface area contributed by atoms with Crippen LogP contribution in [-0.2, 0) is 21.4 Å². The van der Waals surface area contributed by atoms with Gasteiger partial charge in [0.1, 0.15) is 11.4 Å². The second kappa shape index (κ2) is 11.2. The van der Waals surface area contributed by atoms with Crippen molar-refractivity contribution in [1.82, 2.24) is 14.2 Å². The van der Waals surface area contributed by atoms with Crippen LogP contribution in [0.2, 0.25) is 5.02 Å². The molecule has 5 rings (SSSR count). The lowest BCUT2D eigenvalue weighted by atomic mass is 9.89. The number of aliphatic imine (C=N–C) groups is 1. The Kier molecular flexibility index (Phi) is 8.36. The monoisotopic (exact) mass is 576 g/mol. The van der Waals surface area contributed by atoms with E-state index in [2.05, 4.69) is 10.3 Å². The van der Waals surface area contributed by atoms with E-state index < -0.39 is 21.7 Å². The topological polar surface area (TPSA) is 124 Å². The third kappa shape index (κ3) is 5.54. The Morgan fingerprint density at radius 2 is 1.84 bits per heavy atom. The van der Waals surface area contributed by atoms with Gasteiger partial charge in [0.05, 0.1) is 19.3 Å². The molecule has 2 aliphatic rings. The van der Waals surface area contributed by atoms with Gasteiger partial charge in [0, 0.05) is 46.2 Å². The summed E-state index contributed by atoms with van der Waals surface area (Å²) in [6, 6.07) is 14.4. The number of piperidine rings is 1. The number of sulfonamides is 1. The van der Waals surface area contributed by atoms with Gasteiger partial charge in [0.25, 0.3) is 5.91 Å². The van der Waals surface area contributed by atoms with Crippen molar-refractivity contribution in [3.05, 3.63) is 76.3 Å². The summed E-state index contributed by atoms with van der Waals surface area (Å²) in [4.78, 5) is 17.5. The predicted octanol–water partition coefficient (Wildman–Crippen LogP) is 2.47. The summed E-state index contributed by atoms with van der Waals surface area (Å²) in [6.45, 7) is 0.245. The van der Waals surface area contributed by atoms with Crippen molar-refractivity contribution in [2.45, 2.75) is 31.0 Å². The summed E-state index contributed by atoms with van der Waals surface area (Å²) in [6.07, 6.45) is 3.05. The van der Waals surface area contributed by atoms with Crippen LogP contribution < -0.4 is 5.32 Å². The van der Waals surface area contributed by atoms with E-state index in [0.29, 0.717) is 10.9 Å². The standard InChI is InChI=1S/C26H27ClN4O5S.H2S/c27-20-6-4-19(5-7-20)24-28-25(34)26(29-24)10-13-31(14-11-26)37(35,36)15-9-18-2-1-3-23-22(18)8-12-30(23)16-21(33)17-32;/h1-9,12,15,21,32-33H,10-11,13-14,16-17H2,(H,28,29,34);1H2/b15-9+;/t21-;/m0./s1. The van der Waals surface area contributed by atoms with Crippen LogP contribution >= 0.6 is 25.1 Å². The lowest BCUT2D eigenvalue weighted by Crippen LogP contribution is -2.50. The van der Waals surface area contributed by atoms with Gasteiger partial charge in [0.15, 0.2) is 0 Å². The number of amides is 1. The first-order valence-corrected chi connectivity index (χ1v) is 13.8. The Labute approximate surface area is 232 Å². The van der Waals surface area contributed by atoms with Gasteiger partial charge in [-0.15, -0.1) is 0 Å². The summed E-state index contributed by atoms with van der Waals surface area (Å²) in [7, 11) is -3.72. The summed E-state index contributed by atoms with van der Waals surface area (Å²) in [5, 5.41) is 24.4. The van der Waals surface area contributed by atoms with Crippen molar-refractivity contribution in [3.63, 3.8) is 0 Å². The highest BCUT2D eigenvalue weighted by molar-refractivity contribution is 7.92. The number of aliphatic hydroxyl groups excluding tert-OH is 2. The van der Waals surface area contributed by atoms with Crippen LogP contribution in [0.3, 0.4) is 0 Å². The molecule has 1 amide bonds. The molecule has 0 radical (unpaired) electrons. The number of nitrogens with one attached hydrogen (secondary N) is 1. The van der Waals surface area contributed by atoms with Crippen molar-refractivity contribution >= 4 is 63.8 Å². The van der Waals surface area contributed by atoms with Crippen LogP contribution in [0.5, 0.6) is 0 Å². The first kappa shape index (κ1) is 28.3. The minimum atomic E-state index is -3.72.